The van der Waals surface area contributed by atoms with Gasteiger partial charge in [-0.25, -0.2) is 4.68 Å². The number of aliphatic hydroxyl groups excluding tert-OH is 4. The zero-order chi connectivity index (χ0) is 22.9. The van der Waals surface area contributed by atoms with E-state index in [0.29, 0.717) is 24.0 Å². The number of para-hydroxylation sites is 1. The van der Waals surface area contributed by atoms with Gasteiger partial charge in [-0.15, -0.1) is 5.10 Å². The normalized spacial score (nSPS) is 28.1. The number of aryl methyl sites for hydroxylation is 2. The predicted octanol–water partition coefficient (Wildman–Crippen LogP) is -0.819. The Bertz CT molecular complexity index is 1060. The van der Waals surface area contributed by atoms with Crippen LogP contribution in [0.4, 0.5) is 0 Å². The largest absolute Gasteiger partial charge is 0.497 e. The molecular weight excluding hydrogens is 422 g/mol. The van der Waals surface area contributed by atoms with Crippen molar-refractivity contribution in [2.75, 3.05) is 13.7 Å². The number of aromatic nitrogens is 3. The SMILES string of the molecule is COc1ccc(CCn2nnc3cccc(O[C@]4(O)C(O)O[C@H](CO)[C@@H](O)[C@@H]4O)c32)cc1. The van der Waals surface area contributed by atoms with Crippen LogP contribution < -0.4 is 9.47 Å². The quantitative estimate of drug-likeness (QED) is 0.290. The van der Waals surface area contributed by atoms with Gasteiger partial charge in [-0.3, -0.25) is 0 Å². The zero-order valence-electron chi connectivity index (χ0n) is 17.3. The summed E-state index contributed by atoms with van der Waals surface area (Å²) >= 11 is 0. The van der Waals surface area contributed by atoms with Gasteiger partial charge in [0.25, 0.3) is 5.79 Å². The first-order chi connectivity index (χ1) is 15.4. The molecule has 5 N–H and O–H groups in total. The summed E-state index contributed by atoms with van der Waals surface area (Å²) in [5.74, 6) is -1.87. The van der Waals surface area contributed by atoms with Crippen LogP contribution in [0.3, 0.4) is 0 Å². The first-order valence-corrected chi connectivity index (χ1v) is 10.0. The predicted molar refractivity (Wildman–Crippen MR) is 110 cm³/mol. The third-order valence-corrected chi connectivity index (χ3v) is 5.51. The summed E-state index contributed by atoms with van der Waals surface area (Å²) in [6.07, 6.45) is -6.34. The van der Waals surface area contributed by atoms with Crippen molar-refractivity contribution in [1.82, 2.24) is 15.0 Å². The van der Waals surface area contributed by atoms with Crippen LogP contribution in [-0.2, 0) is 17.7 Å². The first kappa shape index (κ1) is 22.4. The average molecular weight is 447 g/mol. The summed E-state index contributed by atoms with van der Waals surface area (Å²) in [4.78, 5) is 0. The van der Waals surface area contributed by atoms with Crippen molar-refractivity contribution in [3.63, 3.8) is 0 Å². The van der Waals surface area contributed by atoms with E-state index in [4.69, 9.17) is 14.2 Å². The molecule has 0 amide bonds. The molecule has 1 aliphatic rings. The molecule has 172 valence electrons. The molecule has 0 aliphatic carbocycles. The second kappa shape index (κ2) is 8.98. The molecular formula is C21H25N3O8. The number of ether oxygens (including phenoxy) is 3. The van der Waals surface area contributed by atoms with Crippen LogP contribution in [0, 0.1) is 0 Å². The van der Waals surface area contributed by atoms with Gasteiger partial charge in [0.05, 0.1) is 13.7 Å². The molecule has 0 radical (unpaired) electrons. The number of benzene rings is 2. The standard InChI is InChI=1S/C21H25N3O8/c1-30-13-7-5-12(6-8-13)9-10-24-17-14(22-23-24)3-2-4-15(17)32-21(29)19(27)18(26)16(11-25)31-20(21)28/h2-8,16,18-20,25-29H,9-11H2,1H3/t16-,18-,19+,20?,21+/m1/s1. The van der Waals surface area contributed by atoms with Gasteiger partial charge >= 0.3 is 0 Å². The Morgan fingerprint density at radius 3 is 2.56 bits per heavy atom. The van der Waals surface area contributed by atoms with Crippen molar-refractivity contribution in [2.24, 2.45) is 0 Å². The minimum absolute atomic E-state index is 0.0704. The maximum absolute atomic E-state index is 10.8. The van der Waals surface area contributed by atoms with Crippen LogP contribution in [0.15, 0.2) is 42.5 Å². The van der Waals surface area contributed by atoms with E-state index >= 15 is 0 Å². The van der Waals surface area contributed by atoms with Crippen LogP contribution in [0.2, 0.25) is 0 Å². The third-order valence-electron chi connectivity index (χ3n) is 5.51. The molecule has 4 rings (SSSR count). The Hall–Kier alpha value is -2.80. The van der Waals surface area contributed by atoms with E-state index in [9.17, 15) is 25.5 Å². The van der Waals surface area contributed by atoms with Crippen LogP contribution >= 0.6 is 0 Å². The van der Waals surface area contributed by atoms with Crippen molar-refractivity contribution < 1.29 is 39.7 Å². The Morgan fingerprint density at radius 2 is 1.88 bits per heavy atom. The molecule has 2 aromatic carbocycles. The van der Waals surface area contributed by atoms with Crippen molar-refractivity contribution in [1.29, 1.82) is 0 Å². The number of hydrogen-bond acceptors (Lipinski definition) is 10. The Balaban J connectivity index is 1.60. The van der Waals surface area contributed by atoms with Gasteiger partial charge in [0.1, 0.15) is 29.0 Å². The van der Waals surface area contributed by atoms with E-state index in [1.165, 1.54) is 6.07 Å². The lowest BCUT2D eigenvalue weighted by molar-refractivity contribution is -0.385. The number of aliphatic hydroxyl groups is 5. The molecule has 3 aromatic rings. The highest BCUT2D eigenvalue weighted by Crippen LogP contribution is 2.34. The maximum atomic E-state index is 10.8. The second-order valence-electron chi connectivity index (χ2n) is 7.53. The van der Waals surface area contributed by atoms with E-state index in [1.807, 2.05) is 24.3 Å². The Morgan fingerprint density at radius 1 is 1.12 bits per heavy atom. The highest BCUT2D eigenvalue weighted by Gasteiger charge is 2.57. The monoisotopic (exact) mass is 447 g/mol. The first-order valence-electron chi connectivity index (χ1n) is 10.0. The van der Waals surface area contributed by atoms with Gasteiger partial charge in [0.15, 0.2) is 11.9 Å². The number of methoxy groups -OCH3 is 1. The number of hydrogen-bond donors (Lipinski definition) is 5. The van der Waals surface area contributed by atoms with Gasteiger partial charge in [-0.1, -0.05) is 23.4 Å². The lowest BCUT2D eigenvalue weighted by Crippen LogP contribution is -2.69. The van der Waals surface area contributed by atoms with Crippen LogP contribution in [0.25, 0.3) is 11.0 Å². The Kier molecular flexibility index (Phi) is 6.29. The van der Waals surface area contributed by atoms with E-state index in [2.05, 4.69) is 10.3 Å². The molecule has 5 atom stereocenters. The average Bonchev–Trinajstić information content (AvgIpc) is 3.23. The molecule has 0 saturated carbocycles. The van der Waals surface area contributed by atoms with Gasteiger partial charge in [-0.2, -0.15) is 0 Å². The summed E-state index contributed by atoms with van der Waals surface area (Å²) in [6.45, 7) is -0.235. The molecule has 1 unspecified atom stereocenters. The van der Waals surface area contributed by atoms with Gasteiger partial charge in [0.2, 0.25) is 6.29 Å². The fourth-order valence-corrected chi connectivity index (χ4v) is 3.64. The van der Waals surface area contributed by atoms with Crippen molar-refractivity contribution in [2.45, 2.75) is 43.4 Å². The van der Waals surface area contributed by atoms with Crippen molar-refractivity contribution in [3.8, 4) is 11.5 Å². The highest BCUT2D eigenvalue weighted by atomic mass is 16.7. The summed E-state index contributed by atoms with van der Waals surface area (Å²) in [5.41, 5.74) is 1.93. The molecule has 32 heavy (non-hydrogen) atoms. The summed E-state index contributed by atoms with van der Waals surface area (Å²) in [5, 5.41) is 59.1. The van der Waals surface area contributed by atoms with Crippen molar-refractivity contribution in [3.05, 3.63) is 48.0 Å². The molecule has 11 heteroatoms. The second-order valence-corrected chi connectivity index (χ2v) is 7.53. The van der Waals surface area contributed by atoms with E-state index in [1.54, 1.807) is 23.9 Å². The zero-order valence-corrected chi connectivity index (χ0v) is 17.3. The van der Waals surface area contributed by atoms with E-state index in [-0.39, 0.29) is 5.75 Å². The van der Waals surface area contributed by atoms with E-state index in [0.717, 1.165) is 11.3 Å². The van der Waals surface area contributed by atoms with Gasteiger partial charge < -0.3 is 39.7 Å². The minimum Gasteiger partial charge on any atom is -0.497 e. The molecule has 1 aromatic heterocycles. The topological polar surface area (TPSA) is 160 Å². The Labute approximate surface area is 183 Å². The molecule has 1 aliphatic heterocycles. The van der Waals surface area contributed by atoms with Gasteiger partial charge in [0, 0.05) is 6.54 Å². The fourth-order valence-electron chi connectivity index (χ4n) is 3.64. The fraction of sp³-hybridized carbons (Fsp3) is 0.429. The van der Waals surface area contributed by atoms with Crippen LogP contribution in [-0.4, -0.2) is 84.6 Å². The lowest BCUT2D eigenvalue weighted by Gasteiger charge is -2.45. The molecule has 1 fully saturated rings. The summed E-state index contributed by atoms with van der Waals surface area (Å²) in [6, 6.07) is 12.4. The van der Waals surface area contributed by atoms with Gasteiger partial charge in [-0.05, 0) is 36.2 Å². The smallest absolute Gasteiger partial charge is 0.288 e. The highest BCUT2D eigenvalue weighted by molar-refractivity contribution is 5.81. The lowest BCUT2D eigenvalue weighted by atomic mass is 9.96. The summed E-state index contributed by atoms with van der Waals surface area (Å²) in [7, 11) is 1.60. The van der Waals surface area contributed by atoms with E-state index < -0.39 is 37.0 Å². The minimum atomic E-state index is -2.69. The molecule has 2 heterocycles. The molecule has 0 spiro atoms. The van der Waals surface area contributed by atoms with Crippen LogP contribution in [0.5, 0.6) is 11.5 Å². The summed E-state index contributed by atoms with van der Waals surface area (Å²) < 4.78 is 17.4. The van der Waals surface area contributed by atoms with Crippen LogP contribution in [0.1, 0.15) is 5.56 Å². The van der Waals surface area contributed by atoms with Crippen molar-refractivity contribution >= 4 is 11.0 Å². The molecule has 0 bridgehead atoms. The number of rotatable bonds is 7. The molecule has 1 saturated heterocycles. The third kappa shape index (κ3) is 4.01. The number of nitrogens with zero attached hydrogens (tertiary/aromatic N) is 3. The maximum Gasteiger partial charge on any atom is 0.288 e. The molecule has 11 nitrogen and oxygen atoms in total. The number of fused-ring (bicyclic) bond motifs is 1.